The highest BCUT2D eigenvalue weighted by Gasteiger charge is 2.56. The van der Waals surface area contributed by atoms with Crippen LogP contribution in [0.2, 0.25) is 0 Å². The Morgan fingerprint density at radius 1 is 0.889 bits per heavy atom. The van der Waals surface area contributed by atoms with Crippen LogP contribution >= 0.6 is 0 Å². The lowest BCUT2D eigenvalue weighted by atomic mass is 9.74. The minimum absolute atomic E-state index is 0.113. The number of hydrogen-bond donors (Lipinski definition) is 4. The fourth-order valence-electron chi connectivity index (χ4n) is 8.04. The van der Waals surface area contributed by atoms with Crippen LogP contribution in [0.3, 0.4) is 0 Å². The third kappa shape index (κ3) is 8.51. The molecule has 4 aromatic carbocycles. The van der Waals surface area contributed by atoms with Gasteiger partial charge in [0.25, 0.3) is 5.91 Å². The maximum Gasteiger partial charge on any atom is 0.407 e. The zero-order chi connectivity index (χ0) is 38.5. The highest BCUT2D eigenvalue weighted by atomic mass is 16.5. The van der Waals surface area contributed by atoms with E-state index >= 15 is 0 Å². The Balaban J connectivity index is 1.26. The molecule has 5 atom stereocenters. The van der Waals surface area contributed by atoms with Crippen molar-refractivity contribution in [2.75, 3.05) is 20.2 Å². The Morgan fingerprint density at radius 2 is 1.52 bits per heavy atom. The summed E-state index contributed by atoms with van der Waals surface area (Å²) in [5.74, 6) is -0.577. The van der Waals surface area contributed by atoms with Crippen LogP contribution < -0.4 is 10.7 Å². The van der Waals surface area contributed by atoms with E-state index in [2.05, 4.69) is 22.9 Å². The first-order valence-corrected chi connectivity index (χ1v) is 18.7. The Morgan fingerprint density at radius 3 is 2.19 bits per heavy atom. The lowest BCUT2D eigenvalue weighted by molar-refractivity contribution is -0.142. The van der Waals surface area contributed by atoms with Crippen molar-refractivity contribution < 1.29 is 29.3 Å². The first-order valence-electron chi connectivity index (χ1n) is 18.7. The summed E-state index contributed by atoms with van der Waals surface area (Å²) in [7, 11) is 1.26. The monoisotopic (exact) mass is 732 g/mol. The molecule has 10 nitrogen and oxygen atoms in total. The van der Waals surface area contributed by atoms with Crippen LogP contribution in [-0.4, -0.2) is 76.5 Å². The zero-order valence-corrected chi connectivity index (χ0v) is 31.6. The van der Waals surface area contributed by atoms with E-state index in [-0.39, 0.29) is 12.5 Å². The quantitative estimate of drug-likeness (QED) is 0.127. The summed E-state index contributed by atoms with van der Waals surface area (Å²) in [6, 6.07) is 34.3. The number of nitrogens with zero attached hydrogens (tertiary/aromatic N) is 2. The number of amides is 3. The van der Waals surface area contributed by atoms with Crippen LogP contribution in [0.4, 0.5) is 4.79 Å². The maximum absolute atomic E-state index is 14.7. The smallest absolute Gasteiger partial charge is 0.407 e. The Kier molecular flexibility index (Phi) is 11.9. The topological polar surface area (TPSA) is 131 Å². The summed E-state index contributed by atoms with van der Waals surface area (Å²) < 4.78 is 4.83. The summed E-state index contributed by atoms with van der Waals surface area (Å²) in [5.41, 5.74) is 7.28. The number of hydrazine groups is 1. The van der Waals surface area contributed by atoms with Crippen molar-refractivity contribution in [3.8, 4) is 11.1 Å². The molecule has 1 aliphatic carbocycles. The highest BCUT2D eigenvalue weighted by Crippen LogP contribution is 2.46. The predicted molar refractivity (Wildman–Crippen MR) is 208 cm³/mol. The SMILES string of the molecule is COC(=O)N[C@H](C(=O)NN(CCC[C@@]1(Cc2ccccc2)C(=O)N(C2c3ccccc3C[C@H]2O)C[C@H]1O)Cc1ccc(-c2ccccc2)cc1)C(C)(C)C. The number of β-amino-alcohol motifs (C(OH)–C–C–N with tert-alkyl or cyclic N) is 1. The summed E-state index contributed by atoms with van der Waals surface area (Å²) in [4.78, 5) is 42.6. The van der Waals surface area contributed by atoms with Crippen molar-refractivity contribution >= 4 is 17.9 Å². The van der Waals surface area contributed by atoms with Crippen molar-refractivity contribution in [2.24, 2.45) is 10.8 Å². The number of methoxy groups -OCH3 is 1. The molecule has 0 bridgehead atoms. The lowest BCUT2D eigenvalue weighted by Crippen LogP contribution is -2.57. The van der Waals surface area contributed by atoms with E-state index in [4.69, 9.17) is 4.74 Å². The van der Waals surface area contributed by atoms with Crippen LogP contribution in [0.5, 0.6) is 0 Å². The molecule has 2 aliphatic rings. The number of ether oxygens (including phenoxy) is 1. The number of carbonyl (C=O) groups excluding carboxylic acids is 3. The molecule has 0 spiro atoms. The van der Waals surface area contributed by atoms with E-state index in [0.717, 1.165) is 33.4 Å². The lowest BCUT2D eigenvalue weighted by Gasteiger charge is -2.34. The van der Waals surface area contributed by atoms with Gasteiger partial charge in [-0.2, -0.15) is 0 Å². The Hall–Kier alpha value is -5.03. The number of alkyl carbamates (subject to hydrolysis) is 1. The van der Waals surface area contributed by atoms with Gasteiger partial charge in [-0.25, -0.2) is 9.80 Å². The van der Waals surface area contributed by atoms with Crippen LogP contribution in [0.25, 0.3) is 11.1 Å². The van der Waals surface area contributed by atoms with Crippen molar-refractivity contribution in [1.82, 2.24) is 20.7 Å². The number of benzene rings is 4. The number of aliphatic hydroxyl groups is 2. The fraction of sp³-hybridized carbons (Fsp3) is 0.386. The van der Waals surface area contributed by atoms with Gasteiger partial charge in [-0.3, -0.25) is 15.0 Å². The number of carbonyl (C=O) groups is 3. The van der Waals surface area contributed by atoms with Gasteiger partial charge in [-0.05, 0) is 58.1 Å². The van der Waals surface area contributed by atoms with Gasteiger partial charge in [-0.15, -0.1) is 0 Å². The number of aliphatic hydroxyl groups excluding tert-OH is 2. The number of rotatable bonds is 13. The van der Waals surface area contributed by atoms with Gasteiger partial charge in [0.1, 0.15) is 6.04 Å². The molecular weight excluding hydrogens is 681 g/mol. The van der Waals surface area contributed by atoms with Crippen LogP contribution in [0, 0.1) is 10.8 Å². The Labute approximate surface area is 318 Å². The molecule has 1 aliphatic heterocycles. The van der Waals surface area contributed by atoms with Gasteiger partial charge in [0, 0.05) is 26.1 Å². The van der Waals surface area contributed by atoms with E-state index in [0.29, 0.717) is 38.8 Å². The molecule has 1 fully saturated rings. The molecule has 3 amide bonds. The Bertz CT molecular complexity index is 1900. The van der Waals surface area contributed by atoms with Gasteiger partial charge in [0.15, 0.2) is 0 Å². The standard InChI is InChI=1S/C44H52N4O6/c1-43(2,3)39(45-42(53)54-4)40(51)46-47(28-31-20-22-33(23-21-31)32-16-9-6-10-17-32)25-13-24-44(27-30-14-7-5-8-15-30)37(50)29-48(41(44)52)38-35-19-12-11-18-34(35)26-36(38)49/h5-12,14-23,36-39,49-50H,13,24-29H2,1-4H3,(H,45,53)(H,46,51)/t36-,37-,38?,39-,44+/m1/s1. The maximum atomic E-state index is 14.7. The van der Waals surface area contributed by atoms with Gasteiger partial charge in [-0.1, -0.05) is 130 Å². The number of likely N-dealkylation sites (tertiary alicyclic amines) is 1. The van der Waals surface area contributed by atoms with E-state index in [1.54, 1.807) is 4.90 Å². The average Bonchev–Trinajstić information content (AvgIpc) is 3.61. The van der Waals surface area contributed by atoms with Crippen LogP contribution in [0.1, 0.15) is 61.9 Å². The fourth-order valence-corrected chi connectivity index (χ4v) is 8.04. The summed E-state index contributed by atoms with van der Waals surface area (Å²) in [6.45, 7) is 6.42. The summed E-state index contributed by atoms with van der Waals surface area (Å²) in [6.07, 6.45) is -0.867. The minimum atomic E-state index is -1.15. The third-order valence-corrected chi connectivity index (χ3v) is 10.9. The molecule has 1 heterocycles. The summed E-state index contributed by atoms with van der Waals surface area (Å²) in [5, 5.41) is 27.6. The van der Waals surface area contributed by atoms with Crippen LogP contribution in [-0.2, 0) is 33.7 Å². The second kappa shape index (κ2) is 16.5. The normalized spacial score (nSPS) is 21.5. The molecule has 0 aromatic heterocycles. The molecule has 4 aromatic rings. The molecule has 6 rings (SSSR count). The van der Waals surface area contributed by atoms with Crippen molar-refractivity contribution in [3.63, 3.8) is 0 Å². The largest absolute Gasteiger partial charge is 0.453 e. The first-order chi connectivity index (χ1) is 25.9. The van der Waals surface area contributed by atoms with Crippen molar-refractivity contribution in [1.29, 1.82) is 0 Å². The first kappa shape index (κ1) is 38.7. The van der Waals surface area contributed by atoms with Crippen molar-refractivity contribution in [2.45, 2.75) is 77.3 Å². The molecule has 284 valence electrons. The zero-order valence-electron chi connectivity index (χ0n) is 31.6. The van der Waals surface area contributed by atoms with E-state index in [1.807, 2.05) is 123 Å². The highest BCUT2D eigenvalue weighted by molar-refractivity contribution is 5.87. The molecular formula is C44H52N4O6. The predicted octanol–water partition coefficient (Wildman–Crippen LogP) is 5.83. The van der Waals surface area contributed by atoms with Gasteiger partial charge < -0.3 is 25.2 Å². The molecule has 0 radical (unpaired) electrons. The van der Waals surface area contributed by atoms with E-state index < -0.39 is 47.1 Å². The molecule has 10 heteroatoms. The number of hydrogen-bond acceptors (Lipinski definition) is 7. The molecule has 54 heavy (non-hydrogen) atoms. The van der Waals surface area contributed by atoms with Crippen LogP contribution in [0.15, 0.2) is 109 Å². The second-order valence-electron chi connectivity index (χ2n) is 15.7. The van der Waals surface area contributed by atoms with Gasteiger partial charge in [0.2, 0.25) is 5.91 Å². The average molecular weight is 733 g/mol. The van der Waals surface area contributed by atoms with Gasteiger partial charge in [0.05, 0.1) is 30.8 Å². The third-order valence-electron chi connectivity index (χ3n) is 10.9. The van der Waals surface area contributed by atoms with E-state index in [1.165, 1.54) is 7.11 Å². The van der Waals surface area contributed by atoms with Gasteiger partial charge >= 0.3 is 6.09 Å². The number of nitrogens with one attached hydrogen (secondary N) is 2. The second-order valence-corrected chi connectivity index (χ2v) is 15.7. The van der Waals surface area contributed by atoms with E-state index in [9.17, 15) is 24.6 Å². The number of fused-ring (bicyclic) bond motifs is 1. The minimum Gasteiger partial charge on any atom is -0.453 e. The molecule has 1 saturated heterocycles. The summed E-state index contributed by atoms with van der Waals surface area (Å²) >= 11 is 0. The molecule has 0 saturated carbocycles. The van der Waals surface area contributed by atoms with Crippen molar-refractivity contribution in [3.05, 3.63) is 131 Å². The molecule has 1 unspecified atom stereocenters. The molecule has 4 N–H and O–H groups in total.